The van der Waals surface area contributed by atoms with Crippen molar-refractivity contribution in [3.8, 4) is 69.4 Å². The second-order valence-electron chi connectivity index (χ2n) is 32.3. The third-order valence-corrected chi connectivity index (χ3v) is 28.0. The number of rotatable bonds is 25. The van der Waals surface area contributed by atoms with Gasteiger partial charge in [-0.15, -0.1) is 0 Å². The van der Waals surface area contributed by atoms with Crippen molar-refractivity contribution in [3.63, 3.8) is 0 Å². The molecule has 0 atom stereocenters. The van der Waals surface area contributed by atoms with E-state index in [2.05, 4.69) is 56.5 Å². The van der Waals surface area contributed by atoms with Crippen molar-refractivity contribution in [1.29, 1.82) is 10.5 Å². The Morgan fingerprint density at radius 3 is 0.942 bits per heavy atom. The van der Waals surface area contributed by atoms with Crippen LogP contribution in [-0.4, -0.2) is 173 Å². The lowest BCUT2D eigenvalue weighted by atomic mass is 9.90. The number of carbonyl (C=O) groups is 10. The normalized spacial score (nSPS) is 15.7. The number of furan rings is 7. The first kappa shape index (κ1) is 97.9. The number of anilines is 5. The second kappa shape index (κ2) is 46.8. The predicted octanol–water partition coefficient (Wildman–Crippen LogP) is 18.2. The Morgan fingerprint density at radius 2 is 0.647 bits per heavy atom. The van der Waals surface area contributed by atoms with E-state index in [-0.39, 0.29) is 98.6 Å². The third kappa shape index (κ3) is 24.7. The Kier molecular flexibility index (Phi) is 33.0. The van der Waals surface area contributed by atoms with E-state index in [9.17, 15) is 47.9 Å². The van der Waals surface area contributed by atoms with Crippen LogP contribution in [0, 0.1) is 59.2 Å². The van der Waals surface area contributed by atoms with Gasteiger partial charge in [0.1, 0.15) is 64.5 Å². The number of carbonyl (C=O) groups excluding carboxylic acids is 10. The lowest BCUT2D eigenvalue weighted by molar-refractivity contribution is -0.124. The molecule has 0 saturated carbocycles. The zero-order valence-corrected chi connectivity index (χ0v) is 78.6. The number of thiazole rings is 5. The van der Waals surface area contributed by atoms with Gasteiger partial charge in [-0.1, -0.05) is 56.7 Å². The van der Waals surface area contributed by atoms with Gasteiger partial charge in [0.15, 0.2) is 94.9 Å². The molecule has 139 heavy (non-hydrogen) atoms. The molecule has 716 valence electrons. The molecule has 20 rings (SSSR count). The van der Waals surface area contributed by atoms with E-state index in [0.717, 1.165) is 39.7 Å². The number of aryl methyl sites for hydroxylation is 1. The monoisotopic (exact) mass is 1980 g/mol. The number of nitrogens with one attached hydrogen (secondary N) is 5. The first-order valence-electron chi connectivity index (χ1n) is 44.4. The van der Waals surface area contributed by atoms with Gasteiger partial charge in [-0.3, -0.25) is 74.2 Å². The number of benzene rings is 1. The molecule has 0 radical (unpaired) electrons. The minimum absolute atomic E-state index is 0.00364. The molecule has 13 aromatic heterocycles. The molecule has 6 fully saturated rings. The summed E-state index contributed by atoms with van der Waals surface area (Å²) >= 11 is 5.73. The molecule has 7 N–H and O–H groups in total. The number of nitrogens with zero attached hydrogens (tertiary/aromatic N) is 8. The highest BCUT2D eigenvalue weighted by Crippen LogP contribution is 2.43. The molecule has 5 amide bonds. The fourth-order valence-electron chi connectivity index (χ4n) is 15.4. The summed E-state index contributed by atoms with van der Waals surface area (Å²) in [6.45, 7) is 8.45. The van der Waals surface area contributed by atoms with Gasteiger partial charge in [0, 0.05) is 126 Å². The average Bonchev–Trinajstić information content (AvgIpc) is 1.67. The van der Waals surface area contributed by atoms with Crippen LogP contribution in [0.3, 0.4) is 0 Å². The number of ketones is 5. The lowest BCUT2D eigenvalue weighted by Crippen LogP contribution is -2.54. The van der Waals surface area contributed by atoms with Crippen LogP contribution >= 0.6 is 56.7 Å². The summed E-state index contributed by atoms with van der Waals surface area (Å²) in [4.78, 5) is 156. The minimum Gasteiger partial charge on any atom is -0.463 e. The Bertz CT molecular complexity index is 6640. The van der Waals surface area contributed by atoms with Crippen molar-refractivity contribution in [3.05, 3.63) is 229 Å². The van der Waals surface area contributed by atoms with Crippen LogP contribution in [0.15, 0.2) is 196 Å². The van der Waals surface area contributed by atoms with Gasteiger partial charge >= 0.3 is 0 Å². The number of ether oxygens (including phenoxy) is 6. The average molecular weight is 1980 g/mol. The third-order valence-electron chi connectivity index (χ3n) is 23.1. The summed E-state index contributed by atoms with van der Waals surface area (Å²) in [5, 5.41) is 32.9. The van der Waals surface area contributed by atoms with E-state index in [1.807, 2.05) is 19.1 Å². The summed E-state index contributed by atoms with van der Waals surface area (Å²) in [5.74, 6) is 0.111. The van der Waals surface area contributed by atoms with E-state index < -0.39 is 17.4 Å². The summed E-state index contributed by atoms with van der Waals surface area (Å²) in [6, 6.07) is 37.0. The van der Waals surface area contributed by atoms with E-state index >= 15 is 0 Å². The molecule has 0 unspecified atom stereocenters. The predicted molar refractivity (Wildman–Crippen MR) is 508 cm³/mol. The van der Waals surface area contributed by atoms with Crippen molar-refractivity contribution >= 4 is 141 Å². The number of amides is 5. The lowest BCUT2D eigenvalue weighted by Gasteiger charge is -2.31. The van der Waals surface area contributed by atoms with E-state index in [1.165, 1.54) is 78.6 Å². The maximum absolute atomic E-state index is 13.1. The zero-order valence-electron chi connectivity index (χ0n) is 74.5. The molecule has 6 aliphatic heterocycles. The molecule has 37 nitrogen and oxygen atoms in total. The summed E-state index contributed by atoms with van der Waals surface area (Å²) < 4.78 is 69.5. The van der Waals surface area contributed by atoms with Gasteiger partial charge in [0.25, 0.3) is 23.6 Å². The number of hydrogen-bond acceptors (Lipinski definition) is 37. The number of nitrogens with two attached hydrogens (primary N) is 1. The van der Waals surface area contributed by atoms with Crippen LogP contribution in [0.4, 0.5) is 25.7 Å². The SMILES string of the molecule is Cc1ccc(C(=O)Nc2nc(-c3ccco3)c(C(=O)C3CCOCC3)s2)cn1.N#Cc1ccc(C(=O)Nc2nc(-c3ccco3)c(C(=O)C3CCOCC3)s2)cc1.N#Cc1ccc(C(=O)Nc2nc(-c3ccco3)c(C(=O)C3CCOCC3)s2)o1.NC1(C(=O)Nc2nc(-c3ccco3)c(C(=O)C3CCOCC3)s2)CCOCC1.O=C(Nc1nc(-c2ccco2)c(C(=O)C2CCOCC2)s1)c1ccco1. The van der Waals surface area contributed by atoms with Crippen molar-refractivity contribution in [2.45, 2.75) is 89.5 Å². The van der Waals surface area contributed by atoms with Crippen LogP contribution in [-0.2, 0) is 33.2 Å². The highest BCUT2D eigenvalue weighted by atomic mass is 32.1. The Balaban J connectivity index is 0.000000125. The second-order valence-corrected chi connectivity index (χ2v) is 37.3. The molecule has 0 spiro atoms. The molecule has 6 saturated heterocycles. The zero-order chi connectivity index (χ0) is 96.7. The molecule has 14 aromatic rings. The first-order valence-corrected chi connectivity index (χ1v) is 48.5. The molecular formula is C97H90N14O23S5. The quantitative estimate of drug-likeness (QED) is 0.0289. The van der Waals surface area contributed by atoms with Gasteiger partial charge in [-0.05, 0) is 205 Å². The largest absolute Gasteiger partial charge is 0.463 e. The molecule has 0 aliphatic carbocycles. The summed E-state index contributed by atoms with van der Waals surface area (Å²) in [5.41, 5.74) is 9.60. The Hall–Kier alpha value is -14.1. The number of pyridine rings is 1. The highest BCUT2D eigenvalue weighted by Gasteiger charge is 2.40. The smallest absolute Gasteiger partial charge is 0.293 e. The maximum atomic E-state index is 13.1. The van der Waals surface area contributed by atoms with Gasteiger partial charge in [0.2, 0.25) is 11.7 Å². The highest BCUT2D eigenvalue weighted by molar-refractivity contribution is 7.19. The van der Waals surface area contributed by atoms with Crippen molar-refractivity contribution in [2.75, 3.05) is 106 Å². The van der Waals surface area contributed by atoms with Crippen LogP contribution < -0.4 is 32.3 Å². The summed E-state index contributed by atoms with van der Waals surface area (Å²) in [6.07, 6.45) is 18.2. The maximum Gasteiger partial charge on any atom is 0.293 e. The number of aromatic nitrogens is 6. The molecule has 6 aliphatic rings. The van der Waals surface area contributed by atoms with Gasteiger partial charge in [-0.25, -0.2) is 24.9 Å². The summed E-state index contributed by atoms with van der Waals surface area (Å²) in [7, 11) is 0. The molecular weight excluding hydrogens is 1890 g/mol. The van der Waals surface area contributed by atoms with Gasteiger partial charge < -0.3 is 70.4 Å². The fraction of sp³-hybridized carbons (Fsp3) is 0.320. The topological polar surface area (TPSA) is 529 Å². The number of Topliss-reactive ketones (excluding diaryl/α,β-unsaturated/α-hetero) is 5. The van der Waals surface area contributed by atoms with Crippen LogP contribution in [0.1, 0.15) is 184 Å². The Labute approximate surface area is 812 Å². The van der Waals surface area contributed by atoms with Crippen molar-refractivity contribution < 1.29 is 107 Å². The van der Waals surface area contributed by atoms with Crippen LogP contribution in [0.2, 0.25) is 0 Å². The minimum atomic E-state index is -0.986. The molecule has 0 bridgehead atoms. The van der Waals surface area contributed by atoms with Gasteiger partial charge in [-0.2, -0.15) is 10.5 Å². The molecule has 1 aromatic carbocycles. The fourth-order valence-corrected chi connectivity index (χ4v) is 20.3. The van der Waals surface area contributed by atoms with E-state index in [4.69, 9.17) is 75.6 Å². The Morgan fingerprint density at radius 1 is 0.345 bits per heavy atom. The van der Waals surface area contributed by atoms with Crippen molar-refractivity contribution in [2.24, 2.45) is 35.3 Å². The standard InChI is InChI=1S/C21H17N3O4S.C20H19N3O4S.C19H23N3O5S.C19H15N3O5S.C18H16N2O5S/c22-12-13-3-5-15(6-4-13)20(26)24-21-23-17(16-2-1-9-28-16)19(29-21)18(25)14-7-10-27-11-8-14;1-12-4-5-14(11-21-12)19(25)23-20-22-16(15-3-2-8-27-15)18(28-20)17(24)13-6-9-26-10-7-13;20-19(5-10-26-11-6-19)17(24)22-18-21-14(13-2-1-7-27-13)16(28-18)15(23)12-3-8-25-9-4-12;20-10-12-3-4-14(27-12)18(24)22-19-21-15(13-2-1-7-26-13)17(28-19)16(23)11-5-8-25-9-6-11;21-15(11-5-9-23-10-6-11)16-14(12-3-1-7-24-12)19-18(26-16)20-17(22)13-4-2-8-25-13/h1-6,9,14H,7-8,10-11H2,(H,23,24,26);2-5,8,11,13H,6-7,9-10H2,1H3,(H,22,23,25);1-2,7,12H,3-6,8-11,20H2,(H,21,22,24);1-4,7,11H,5-6,8-9H2,(H,21,22,24);1-4,7-8,11H,5-6,9-10H2,(H,19,20,22). The molecule has 42 heteroatoms. The van der Waals surface area contributed by atoms with E-state index in [0.29, 0.717) is 275 Å². The number of nitriles is 2. The van der Waals surface area contributed by atoms with Crippen LogP contribution in [0.5, 0.6) is 0 Å². The number of hydrogen-bond donors (Lipinski definition) is 6. The van der Waals surface area contributed by atoms with Crippen molar-refractivity contribution in [1.82, 2.24) is 29.9 Å². The van der Waals surface area contributed by atoms with E-state index in [1.54, 1.807) is 109 Å². The van der Waals surface area contributed by atoms with Crippen LogP contribution in [0.25, 0.3) is 57.3 Å². The van der Waals surface area contributed by atoms with Gasteiger partial charge in [0.05, 0.1) is 54.8 Å². The molecule has 19 heterocycles. The first-order chi connectivity index (χ1) is 67.7.